The molecular weight excluding hydrogens is 308 g/mol. The summed E-state index contributed by atoms with van der Waals surface area (Å²) in [6.45, 7) is 22.2. The molecule has 0 aliphatic carbocycles. The van der Waals surface area contributed by atoms with Gasteiger partial charge in [-0.15, -0.1) is 0 Å². The maximum absolute atomic E-state index is 6.30. The molecule has 0 spiro atoms. The first-order valence-corrected chi connectivity index (χ1v) is 11.9. The second-order valence-electron chi connectivity index (χ2n) is 8.05. The summed E-state index contributed by atoms with van der Waals surface area (Å²) in [5.41, 5.74) is 0. The van der Waals surface area contributed by atoms with E-state index in [1.54, 1.807) is 0 Å². The molecule has 0 heterocycles. The summed E-state index contributed by atoms with van der Waals surface area (Å²) in [7, 11) is -1.72. The van der Waals surface area contributed by atoms with Gasteiger partial charge in [-0.1, -0.05) is 27.7 Å². The van der Waals surface area contributed by atoms with E-state index in [-0.39, 0.29) is 23.4 Å². The van der Waals surface area contributed by atoms with Gasteiger partial charge in [0.05, 0.1) is 38.1 Å². The molecule has 0 bridgehead atoms. The fraction of sp³-hybridized carbons (Fsp3) is 1.00. The molecule has 0 aromatic heterocycles. The van der Waals surface area contributed by atoms with Crippen molar-refractivity contribution in [3.63, 3.8) is 0 Å². The third-order valence-electron chi connectivity index (χ3n) is 4.23. The van der Waals surface area contributed by atoms with Crippen LogP contribution in [0.25, 0.3) is 0 Å². The Labute approximate surface area is 145 Å². The highest BCUT2D eigenvalue weighted by Crippen LogP contribution is 2.37. The van der Waals surface area contributed by atoms with Crippen LogP contribution in [-0.2, 0) is 18.6 Å². The van der Waals surface area contributed by atoms with Crippen LogP contribution >= 0.6 is 0 Å². The second-order valence-corrected chi connectivity index (χ2v) is 12.8. The number of hydrogen-bond donors (Lipinski definition) is 0. The number of rotatable bonds is 12. The van der Waals surface area contributed by atoms with E-state index in [0.29, 0.717) is 19.8 Å². The molecule has 0 saturated carbocycles. The van der Waals surface area contributed by atoms with E-state index in [2.05, 4.69) is 47.7 Å². The highest BCUT2D eigenvalue weighted by molar-refractivity contribution is 6.74. The molecule has 0 aromatic carbocycles. The third-order valence-corrected chi connectivity index (χ3v) is 8.84. The first-order valence-electron chi connectivity index (χ1n) is 8.98. The van der Waals surface area contributed by atoms with E-state index in [9.17, 15) is 0 Å². The minimum atomic E-state index is -1.72. The van der Waals surface area contributed by atoms with E-state index in [1.165, 1.54) is 0 Å². The molecule has 3 atom stereocenters. The van der Waals surface area contributed by atoms with E-state index in [1.807, 2.05) is 13.8 Å². The molecule has 0 radical (unpaired) electrons. The lowest BCUT2D eigenvalue weighted by molar-refractivity contribution is -0.0685. The Bertz CT molecular complexity index is 302. The summed E-state index contributed by atoms with van der Waals surface area (Å²) in [5.74, 6) is 0. The molecule has 0 aliphatic heterocycles. The lowest BCUT2D eigenvalue weighted by Gasteiger charge is -2.38. The van der Waals surface area contributed by atoms with Crippen LogP contribution < -0.4 is 0 Å². The van der Waals surface area contributed by atoms with Crippen molar-refractivity contribution < 1.29 is 18.6 Å². The van der Waals surface area contributed by atoms with Gasteiger partial charge in [-0.3, -0.25) is 0 Å². The largest absolute Gasteiger partial charge is 0.412 e. The summed E-state index contributed by atoms with van der Waals surface area (Å²) in [6, 6.07) is 0. The summed E-state index contributed by atoms with van der Waals surface area (Å²) < 4.78 is 23.4. The van der Waals surface area contributed by atoms with Crippen LogP contribution in [0.2, 0.25) is 18.1 Å². The Kier molecular flexibility index (Phi) is 10.9. The Morgan fingerprint density at radius 1 is 0.826 bits per heavy atom. The smallest absolute Gasteiger partial charge is 0.192 e. The van der Waals surface area contributed by atoms with Crippen LogP contribution in [0, 0.1) is 0 Å². The fourth-order valence-electron chi connectivity index (χ4n) is 1.80. The van der Waals surface area contributed by atoms with Crippen LogP contribution in [0.5, 0.6) is 0 Å². The average Bonchev–Trinajstić information content (AvgIpc) is 2.41. The van der Waals surface area contributed by atoms with Gasteiger partial charge >= 0.3 is 0 Å². The molecule has 0 fully saturated rings. The van der Waals surface area contributed by atoms with Crippen LogP contribution in [-0.4, -0.2) is 53.1 Å². The molecule has 0 aromatic rings. The summed E-state index contributed by atoms with van der Waals surface area (Å²) in [6.07, 6.45) is 1.32. The van der Waals surface area contributed by atoms with Gasteiger partial charge in [0.15, 0.2) is 8.32 Å². The Morgan fingerprint density at radius 3 is 1.78 bits per heavy atom. The molecule has 5 heteroatoms. The zero-order valence-electron chi connectivity index (χ0n) is 16.9. The maximum Gasteiger partial charge on any atom is 0.192 e. The molecular formula is C18H40O4Si. The average molecular weight is 349 g/mol. The first kappa shape index (κ1) is 23.1. The normalized spacial score (nSPS) is 17.1. The highest BCUT2D eigenvalue weighted by atomic mass is 28.4. The SMILES string of the molecule is CCCOCC(C)OCC(C)OCC(C)O[Si](C)(C)C(C)(C)C. The van der Waals surface area contributed by atoms with Crippen LogP contribution in [0.1, 0.15) is 54.9 Å². The predicted octanol–water partition coefficient (Wildman–Crippen LogP) is 4.63. The minimum absolute atomic E-state index is 0.0640. The Balaban J connectivity index is 3.94. The van der Waals surface area contributed by atoms with Crippen LogP contribution in [0.15, 0.2) is 0 Å². The molecule has 0 saturated heterocycles. The van der Waals surface area contributed by atoms with Crippen LogP contribution in [0.3, 0.4) is 0 Å². The number of hydrogen-bond acceptors (Lipinski definition) is 4. The Morgan fingerprint density at radius 2 is 1.30 bits per heavy atom. The molecule has 0 amide bonds. The van der Waals surface area contributed by atoms with Crippen molar-refractivity contribution in [1.29, 1.82) is 0 Å². The molecule has 3 unspecified atom stereocenters. The predicted molar refractivity (Wildman–Crippen MR) is 99.7 cm³/mol. The van der Waals surface area contributed by atoms with Gasteiger partial charge in [-0.25, -0.2) is 0 Å². The second kappa shape index (κ2) is 10.8. The fourth-order valence-corrected chi connectivity index (χ4v) is 3.23. The molecule has 0 aliphatic rings. The van der Waals surface area contributed by atoms with Crippen molar-refractivity contribution in [2.45, 2.75) is 91.3 Å². The van der Waals surface area contributed by atoms with Gasteiger partial charge < -0.3 is 18.6 Å². The van der Waals surface area contributed by atoms with E-state index >= 15 is 0 Å². The van der Waals surface area contributed by atoms with Crippen LogP contribution in [0.4, 0.5) is 0 Å². The lowest BCUT2D eigenvalue weighted by atomic mass is 10.2. The van der Waals surface area contributed by atoms with E-state index in [4.69, 9.17) is 18.6 Å². The standard InChI is InChI=1S/C18H40O4Si/c1-10-11-19-12-15(2)20-13-16(3)21-14-17(4)22-23(8,9)18(5,6)7/h15-17H,10-14H2,1-9H3. The van der Waals surface area contributed by atoms with Crippen molar-refractivity contribution in [2.75, 3.05) is 26.4 Å². The van der Waals surface area contributed by atoms with Crippen molar-refractivity contribution in [3.8, 4) is 0 Å². The summed E-state index contributed by atoms with van der Waals surface area (Å²) >= 11 is 0. The van der Waals surface area contributed by atoms with Gasteiger partial charge in [0.2, 0.25) is 0 Å². The van der Waals surface area contributed by atoms with Crippen molar-refractivity contribution in [3.05, 3.63) is 0 Å². The third kappa shape index (κ3) is 10.5. The molecule has 23 heavy (non-hydrogen) atoms. The summed E-state index contributed by atoms with van der Waals surface area (Å²) in [4.78, 5) is 0. The molecule has 0 rings (SSSR count). The minimum Gasteiger partial charge on any atom is -0.412 e. The first-order chi connectivity index (χ1) is 10.5. The monoisotopic (exact) mass is 348 g/mol. The zero-order chi connectivity index (χ0) is 18.1. The zero-order valence-corrected chi connectivity index (χ0v) is 17.9. The van der Waals surface area contributed by atoms with Gasteiger partial charge in [-0.05, 0) is 45.3 Å². The number of ether oxygens (including phenoxy) is 3. The Hall–Kier alpha value is 0.0569. The topological polar surface area (TPSA) is 36.9 Å². The highest BCUT2D eigenvalue weighted by Gasteiger charge is 2.38. The van der Waals surface area contributed by atoms with Gasteiger partial charge in [0, 0.05) is 6.61 Å². The molecule has 0 N–H and O–H groups in total. The van der Waals surface area contributed by atoms with Crippen molar-refractivity contribution in [2.24, 2.45) is 0 Å². The lowest BCUT2D eigenvalue weighted by Crippen LogP contribution is -2.44. The van der Waals surface area contributed by atoms with Gasteiger partial charge in [0.25, 0.3) is 0 Å². The summed E-state index contributed by atoms with van der Waals surface area (Å²) in [5, 5.41) is 0.226. The molecule has 4 nitrogen and oxygen atoms in total. The molecule has 140 valence electrons. The van der Waals surface area contributed by atoms with E-state index < -0.39 is 8.32 Å². The van der Waals surface area contributed by atoms with E-state index in [0.717, 1.165) is 13.0 Å². The maximum atomic E-state index is 6.30. The van der Waals surface area contributed by atoms with Gasteiger partial charge in [0.1, 0.15) is 0 Å². The van der Waals surface area contributed by atoms with Crippen molar-refractivity contribution >= 4 is 8.32 Å². The van der Waals surface area contributed by atoms with Crippen molar-refractivity contribution in [1.82, 2.24) is 0 Å². The quantitative estimate of drug-likeness (QED) is 0.380. The van der Waals surface area contributed by atoms with Gasteiger partial charge in [-0.2, -0.15) is 0 Å².